The first-order valence-electron chi connectivity index (χ1n) is 6.20. The van der Waals surface area contributed by atoms with Gasteiger partial charge in [-0.2, -0.15) is 0 Å². The normalized spacial score (nSPS) is 34.2. The minimum atomic E-state index is -0.475. The molecule has 0 amide bonds. The average Bonchev–Trinajstić information content (AvgIpc) is 2.75. The van der Waals surface area contributed by atoms with Crippen LogP contribution in [-0.4, -0.2) is 12.1 Å². The Hall–Kier alpha value is -1.05. The molecule has 0 aromatic rings. The fourth-order valence-electron chi connectivity index (χ4n) is 2.38. The number of ether oxygens (including phenoxy) is 1. The van der Waals surface area contributed by atoms with E-state index in [0.29, 0.717) is 0 Å². The van der Waals surface area contributed by atoms with E-state index in [2.05, 4.69) is 13.0 Å². The third-order valence-electron chi connectivity index (χ3n) is 3.91. The lowest BCUT2D eigenvalue weighted by Crippen LogP contribution is -2.36. The molecule has 88 valence electrons. The quantitative estimate of drug-likeness (QED) is 0.668. The van der Waals surface area contributed by atoms with Crippen molar-refractivity contribution in [2.24, 2.45) is 11.3 Å². The highest BCUT2D eigenvalue weighted by Gasteiger charge is 2.39. The first-order chi connectivity index (χ1) is 7.63. The molecule has 2 rings (SSSR count). The van der Waals surface area contributed by atoms with E-state index in [1.54, 1.807) is 0 Å². The summed E-state index contributed by atoms with van der Waals surface area (Å²) in [6.45, 7) is 4.03. The molecular weight excluding hydrogens is 200 g/mol. The van der Waals surface area contributed by atoms with Crippen LogP contribution in [0.25, 0.3) is 0 Å². The predicted octanol–water partition coefficient (Wildman–Crippen LogP) is 3.24. The summed E-state index contributed by atoms with van der Waals surface area (Å²) in [5.74, 6) is 0.152. The van der Waals surface area contributed by atoms with Gasteiger partial charge in [0.05, 0.1) is 5.41 Å². The summed E-state index contributed by atoms with van der Waals surface area (Å²) in [6.07, 6.45) is 12.6. The zero-order valence-electron chi connectivity index (χ0n) is 10.1. The molecule has 0 aliphatic heterocycles. The Balaban J connectivity index is 2.02. The van der Waals surface area contributed by atoms with Crippen LogP contribution in [0.1, 0.15) is 39.5 Å². The lowest BCUT2D eigenvalue weighted by atomic mass is 9.75. The van der Waals surface area contributed by atoms with E-state index in [-0.39, 0.29) is 18.0 Å². The van der Waals surface area contributed by atoms with Crippen molar-refractivity contribution in [3.63, 3.8) is 0 Å². The summed E-state index contributed by atoms with van der Waals surface area (Å²) < 4.78 is 5.60. The molecule has 0 heterocycles. The minimum absolute atomic E-state index is 0.0625. The van der Waals surface area contributed by atoms with Gasteiger partial charge in [-0.25, -0.2) is 0 Å². The number of rotatable bonds is 2. The van der Waals surface area contributed by atoms with Crippen LogP contribution in [0.15, 0.2) is 24.3 Å². The van der Waals surface area contributed by atoms with Crippen LogP contribution in [-0.2, 0) is 9.53 Å². The maximum absolute atomic E-state index is 12.2. The Labute approximate surface area is 97.4 Å². The molecule has 0 bridgehead atoms. The van der Waals surface area contributed by atoms with E-state index in [1.807, 2.05) is 25.2 Å². The van der Waals surface area contributed by atoms with Gasteiger partial charge in [-0.3, -0.25) is 4.79 Å². The van der Waals surface area contributed by atoms with Gasteiger partial charge in [-0.1, -0.05) is 31.2 Å². The van der Waals surface area contributed by atoms with Crippen LogP contribution in [0, 0.1) is 11.3 Å². The molecule has 2 nitrogen and oxygen atoms in total. The summed E-state index contributed by atoms with van der Waals surface area (Å²) in [4.78, 5) is 12.2. The highest BCUT2D eigenvalue weighted by Crippen LogP contribution is 2.35. The third-order valence-corrected chi connectivity index (χ3v) is 3.91. The number of allylic oxidation sites excluding steroid dienone is 3. The summed E-state index contributed by atoms with van der Waals surface area (Å²) in [7, 11) is 0. The SMILES string of the molecule is CC1C=CC=CC1(C)C(=O)OC1CCCC1. The van der Waals surface area contributed by atoms with E-state index in [1.165, 1.54) is 12.8 Å². The van der Waals surface area contributed by atoms with Gasteiger partial charge in [0.2, 0.25) is 0 Å². The molecule has 0 spiro atoms. The van der Waals surface area contributed by atoms with Crippen LogP contribution < -0.4 is 0 Å². The van der Waals surface area contributed by atoms with Gasteiger partial charge in [0, 0.05) is 0 Å². The second-order valence-corrected chi connectivity index (χ2v) is 5.13. The molecule has 0 radical (unpaired) electrons. The monoisotopic (exact) mass is 220 g/mol. The van der Waals surface area contributed by atoms with E-state index in [9.17, 15) is 4.79 Å². The maximum atomic E-state index is 12.2. The number of hydrogen-bond acceptors (Lipinski definition) is 2. The number of hydrogen-bond donors (Lipinski definition) is 0. The lowest BCUT2D eigenvalue weighted by molar-refractivity contribution is -0.159. The van der Waals surface area contributed by atoms with Gasteiger partial charge in [0.15, 0.2) is 0 Å². The molecular formula is C14H20O2. The molecule has 2 aliphatic rings. The first-order valence-corrected chi connectivity index (χ1v) is 6.20. The van der Waals surface area contributed by atoms with Gasteiger partial charge in [0.1, 0.15) is 6.10 Å². The Morgan fingerprint density at radius 2 is 2.00 bits per heavy atom. The van der Waals surface area contributed by atoms with Crippen molar-refractivity contribution < 1.29 is 9.53 Å². The molecule has 2 heteroatoms. The molecule has 0 N–H and O–H groups in total. The fraction of sp³-hybridized carbons (Fsp3) is 0.643. The van der Waals surface area contributed by atoms with Gasteiger partial charge in [-0.15, -0.1) is 0 Å². The summed E-state index contributed by atoms with van der Waals surface area (Å²) in [5, 5.41) is 0. The van der Waals surface area contributed by atoms with Crippen LogP contribution in [0.2, 0.25) is 0 Å². The Morgan fingerprint density at radius 1 is 1.31 bits per heavy atom. The topological polar surface area (TPSA) is 26.3 Å². The van der Waals surface area contributed by atoms with Gasteiger partial charge in [0.25, 0.3) is 0 Å². The van der Waals surface area contributed by atoms with Crippen molar-refractivity contribution >= 4 is 5.97 Å². The molecule has 0 aromatic carbocycles. The highest BCUT2D eigenvalue weighted by molar-refractivity contribution is 5.80. The predicted molar refractivity (Wildman–Crippen MR) is 63.9 cm³/mol. The molecule has 1 saturated carbocycles. The van der Waals surface area contributed by atoms with Crippen LogP contribution in [0.3, 0.4) is 0 Å². The fourth-order valence-corrected chi connectivity index (χ4v) is 2.38. The highest BCUT2D eigenvalue weighted by atomic mass is 16.5. The van der Waals surface area contributed by atoms with E-state index < -0.39 is 5.41 Å². The molecule has 2 aliphatic carbocycles. The van der Waals surface area contributed by atoms with Gasteiger partial charge in [-0.05, 0) is 38.5 Å². The Kier molecular flexibility index (Phi) is 3.17. The second kappa shape index (κ2) is 4.44. The third kappa shape index (κ3) is 2.06. The number of esters is 1. The molecule has 0 saturated heterocycles. The van der Waals surface area contributed by atoms with Crippen molar-refractivity contribution in [1.82, 2.24) is 0 Å². The largest absolute Gasteiger partial charge is 0.462 e. The van der Waals surface area contributed by atoms with Crippen LogP contribution in [0.4, 0.5) is 0 Å². The number of carbonyl (C=O) groups is 1. The Bertz CT molecular complexity index is 324. The van der Waals surface area contributed by atoms with E-state index in [0.717, 1.165) is 12.8 Å². The van der Waals surface area contributed by atoms with Crippen LogP contribution >= 0.6 is 0 Å². The average molecular weight is 220 g/mol. The zero-order chi connectivity index (χ0) is 11.6. The summed E-state index contributed by atoms with van der Waals surface area (Å²) in [5.41, 5.74) is -0.475. The minimum Gasteiger partial charge on any atom is -0.462 e. The number of carbonyl (C=O) groups excluding carboxylic acids is 1. The molecule has 16 heavy (non-hydrogen) atoms. The molecule has 2 unspecified atom stereocenters. The van der Waals surface area contributed by atoms with Crippen molar-refractivity contribution in [2.75, 3.05) is 0 Å². The lowest BCUT2D eigenvalue weighted by Gasteiger charge is -2.31. The smallest absolute Gasteiger partial charge is 0.316 e. The van der Waals surface area contributed by atoms with Crippen LogP contribution in [0.5, 0.6) is 0 Å². The first kappa shape index (κ1) is 11.4. The zero-order valence-corrected chi connectivity index (χ0v) is 10.1. The van der Waals surface area contributed by atoms with E-state index in [4.69, 9.17) is 4.74 Å². The second-order valence-electron chi connectivity index (χ2n) is 5.13. The standard InChI is InChI=1S/C14H20O2/c1-11-7-5-6-10-14(11,2)13(15)16-12-8-3-4-9-12/h5-7,10-12H,3-4,8-9H2,1-2H3. The Morgan fingerprint density at radius 3 is 2.62 bits per heavy atom. The molecule has 0 aromatic heterocycles. The van der Waals surface area contributed by atoms with Gasteiger partial charge < -0.3 is 4.74 Å². The van der Waals surface area contributed by atoms with Crippen molar-refractivity contribution in [1.29, 1.82) is 0 Å². The van der Waals surface area contributed by atoms with E-state index >= 15 is 0 Å². The van der Waals surface area contributed by atoms with Crippen molar-refractivity contribution in [3.05, 3.63) is 24.3 Å². The summed E-state index contributed by atoms with van der Waals surface area (Å²) in [6, 6.07) is 0. The van der Waals surface area contributed by atoms with Crippen molar-refractivity contribution in [2.45, 2.75) is 45.6 Å². The molecule has 1 fully saturated rings. The summed E-state index contributed by atoms with van der Waals surface area (Å²) >= 11 is 0. The maximum Gasteiger partial charge on any atom is 0.316 e. The molecule has 2 atom stereocenters. The van der Waals surface area contributed by atoms with Crippen molar-refractivity contribution in [3.8, 4) is 0 Å². The van der Waals surface area contributed by atoms with Gasteiger partial charge >= 0.3 is 5.97 Å².